The molecule has 15 heavy (non-hydrogen) atoms. The van der Waals surface area contributed by atoms with Crippen LogP contribution < -0.4 is 10.5 Å². The van der Waals surface area contributed by atoms with Crippen molar-refractivity contribution in [1.29, 1.82) is 0 Å². The van der Waals surface area contributed by atoms with Gasteiger partial charge in [-0.05, 0) is 24.6 Å². The number of amidine groups is 1. The summed E-state index contributed by atoms with van der Waals surface area (Å²) >= 11 is 5.78. The van der Waals surface area contributed by atoms with Crippen molar-refractivity contribution in [3.8, 4) is 5.75 Å². The van der Waals surface area contributed by atoms with Crippen LogP contribution in [-0.4, -0.2) is 17.6 Å². The molecule has 1 rings (SSSR count). The van der Waals surface area contributed by atoms with Crippen LogP contribution in [0.2, 0.25) is 5.02 Å². The van der Waals surface area contributed by atoms with Gasteiger partial charge in [0.05, 0.1) is 6.61 Å². The van der Waals surface area contributed by atoms with Crippen molar-refractivity contribution in [2.24, 2.45) is 10.9 Å². The van der Waals surface area contributed by atoms with Crippen molar-refractivity contribution in [3.05, 3.63) is 29.3 Å². The predicted molar refractivity (Wildman–Crippen MR) is 59.6 cm³/mol. The number of benzene rings is 1. The zero-order valence-electron chi connectivity index (χ0n) is 8.19. The average Bonchev–Trinajstić information content (AvgIpc) is 2.24. The van der Waals surface area contributed by atoms with E-state index in [9.17, 15) is 0 Å². The fourth-order valence-corrected chi connectivity index (χ4v) is 1.23. The Kier molecular flexibility index (Phi) is 4.77. The lowest BCUT2D eigenvalue weighted by molar-refractivity contribution is 0.305. The second-order valence-electron chi connectivity index (χ2n) is 3.00. The Hall–Kier alpha value is -1.42. The number of ether oxygens (including phenoxy) is 1. The molecular weight excluding hydrogens is 216 g/mol. The molecule has 0 atom stereocenters. The number of nitrogens with two attached hydrogens (primary N) is 1. The zero-order chi connectivity index (χ0) is 11.1. The molecule has 0 aliphatic carbocycles. The summed E-state index contributed by atoms with van der Waals surface area (Å²) in [6, 6.07) is 7.17. The first kappa shape index (κ1) is 11.7. The van der Waals surface area contributed by atoms with E-state index in [1.165, 1.54) is 0 Å². The maximum absolute atomic E-state index is 8.29. The van der Waals surface area contributed by atoms with Crippen LogP contribution in [0.5, 0.6) is 5.75 Å². The fourth-order valence-electron chi connectivity index (χ4n) is 1.05. The van der Waals surface area contributed by atoms with Crippen molar-refractivity contribution < 1.29 is 9.94 Å². The molecule has 0 spiro atoms. The van der Waals surface area contributed by atoms with Crippen LogP contribution in [0.3, 0.4) is 0 Å². The van der Waals surface area contributed by atoms with Gasteiger partial charge < -0.3 is 15.7 Å². The standard InChI is InChI=1S/C10H13ClN2O2/c11-8-3-1-4-9(7-8)15-6-2-5-10(12)13-14/h1,3-4,7,14H,2,5-6H2,(H2,12,13). The number of nitrogens with zero attached hydrogens (tertiary/aromatic N) is 1. The lowest BCUT2D eigenvalue weighted by Crippen LogP contribution is -2.12. The molecule has 0 unspecified atom stereocenters. The summed E-state index contributed by atoms with van der Waals surface area (Å²) in [5.74, 6) is 0.937. The van der Waals surface area contributed by atoms with Gasteiger partial charge in [-0.3, -0.25) is 0 Å². The summed E-state index contributed by atoms with van der Waals surface area (Å²) in [6.07, 6.45) is 1.21. The molecule has 1 aromatic carbocycles. The molecule has 0 fully saturated rings. The van der Waals surface area contributed by atoms with E-state index in [1.807, 2.05) is 12.1 Å². The summed E-state index contributed by atoms with van der Waals surface area (Å²) in [5.41, 5.74) is 5.30. The Morgan fingerprint density at radius 3 is 3.00 bits per heavy atom. The largest absolute Gasteiger partial charge is 0.494 e. The molecule has 4 nitrogen and oxygen atoms in total. The second kappa shape index (κ2) is 6.14. The van der Waals surface area contributed by atoms with E-state index in [4.69, 9.17) is 27.3 Å². The van der Waals surface area contributed by atoms with Crippen LogP contribution in [0.15, 0.2) is 29.4 Å². The van der Waals surface area contributed by atoms with Crippen molar-refractivity contribution in [2.75, 3.05) is 6.61 Å². The van der Waals surface area contributed by atoms with Crippen LogP contribution in [-0.2, 0) is 0 Å². The summed E-state index contributed by atoms with van der Waals surface area (Å²) in [6.45, 7) is 0.510. The first-order valence-electron chi connectivity index (χ1n) is 4.57. The molecule has 0 aliphatic heterocycles. The maximum Gasteiger partial charge on any atom is 0.139 e. The van der Waals surface area contributed by atoms with E-state index < -0.39 is 0 Å². The number of rotatable bonds is 5. The van der Waals surface area contributed by atoms with Gasteiger partial charge in [0.15, 0.2) is 0 Å². The molecule has 0 aliphatic rings. The molecule has 3 N–H and O–H groups in total. The van der Waals surface area contributed by atoms with Gasteiger partial charge in [0.2, 0.25) is 0 Å². The molecule has 0 aromatic heterocycles. The minimum atomic E-state index is 0.213. The Balaban J connectivity index is 2.26. The van der Waals surface area contributed by atoms with Gasteiger partial charge in [0, 0.05) is 11.4 Å². The average molecular weight is 229 g/mol. The Morgan fingerprint density at radius 1 is 1.53 bits per heavy atom. The van der Waals surface area contributed by atoms with Crippen molar-refractivity contribution >= 4 is 17.4 Å². The third-order valence-electron chi connectivity index (χ3n) is 1.77. The molecule has 0 amide bonds. The molecular formula is C10H13ClN2O2. The number of hydrogen-bond donors (Lipinski definition) is 2. The number of oxime groups is 1. The third-order valence-corrected chi connectivity index (χ3v) is 2.01. The minimum Gasteiger partial charge on any atom is -0.494 e. The van der Waals surface area contributed by atoms with Gasteiger partial charge in [-0.2, -0.15) is 0 Å². The Bertz CT molecular complexity index is 342. The van der Waals surface area contributed by atoms with Crippen LogP contribution >= 0.6 is 11.6 Å². The van der Waals surface area contributed by atoms with Gasteiger partial charge >= 0.3 is 0 Å². The molecule has 0 radical (unpaired) electrons. The first-order valence-corrected chi connectivity index (χ1v) is 4.95. The highest BCUT2D eigenvalue weighted by atomic mass is 35.5. The molecule has 82 valence electrons. The first-order chi connectivity index (χ1) is 7.22. The van der Waals surface area contributed by atoms with E-state index in [0.717, 1.165) is 5.75 Å². The normalized spacial score (nSPS) is 11.4. The highest BCUT2D eigenvalue weighted by Crippen LogP contribution is 2.17. The summed E-state index contributed by atoms with van der Waals surface area (Å²) in [4.78, 5) is 0. The highest BCUT2D eigenvalue weighted by molar-refractivity contribution is 6.30. The molecule has 0 saturated heterocycles. The van der Waals surface area contributed by atoms with Gasteiger partial charge in [-0.1, -0.05) is 22.8 Å². The quantitative estimate of drug-likeness (QED) is 0.267. The molecule has 1 aromatic rings. The minimum absolute atomic E-state index is 0.213. The summed E-state index contributed by atoms with van der Waals surface area (Å²) in [7, 11) is 0. The second-order valence-corrected chi connectivity index (χ2v) is 3.44. The van der Waals surface area contributed by atoms with Crippen LogP contribution in [0, 0.1) is 0 Å². The third kappa shape index (κ3) is 4.56. The van der Waals surface area contributed by atoms with Gasteiger partial charge in [0.25, 0.3) is 0 Å². The van der Waals surface area contributed by atoms with Crippen LogP contribution in [0.25, 0.3) is 0 Å². The zero-order valence-corrected chi connectivity index (χ0v) is 8.94. The molecule has 5 heteroatoms. The number of halogens is 1. The Morgan fingerprint density at radius 2 is 2.33 bits per heavy atom. The number of hydrogen-bond acceptors (Lipinski definition) is 3. The van der Waals surface area contributed by atoms with Crippen molar-refractivity contribution in [3.63, 3.8) is 0 Å². The molecule has 0 bridgehead atoms. The van der Waals surface area contributed by atoms with E-state index in [1.54, 1.807) is 12.1 Å². The van der Waals surface area contributed by atoms with Gasteiger partial charge in [-0.15, -0.1) is 0 Å². The lowest BCUT2D eigenvalue weighted by atomic mass is 10.3. The fraction of sp³-hybridized carbons (Fsp3) is 0.300. The van der Waals surface area contributed by atoms with E-state index in [2.05, 4.69) is 5.16 Å². The highest BCUT2D eigenvalue weighted by Gasteiger charge is 1.96. The van der Waals surface area contributed by atoms with Crippen molar-refractivity contribution in [1.82, 2.24) is 0 Å². The molecule has 0 heterocycles. The van der Waals surface area contributed by atoms with Crippen molar-refractivity contribution in [2.45, 2.75) is 12.8 Å². The Labute approximate surface area is 93.3 Å². The monoisotopic (exact) mass is 228 g/mol. The summed E-state index contributed by atoms with van der Waals surface area (Å²) in [5, 5.41) is 11.8. The van der Waals surface area contributed by atoms with Gasteiger partial charge in [-0.25, -0.2) is 0 Å². The van der Waals surface area contributed by atoms with Crippen LogP contribution in [0.1, 0.15) is 12.8 Å². The lowest BCUT2D eigenvalue weighted by Gasteiger charge is -2.05. The summed E-state index contributed by atoms with van der Waals surface area (Å²) < 4.78 is 5.41. The maximum atomic E-state index is 8.29. The van der Waals surface area contributed by atoms with E-state index in [-0.39, 0.29) is 5.84 Å². The SMILES string of the molecule is N/C(CCCOc1cccc(Cl)c1)=N\O. The molecule has 0 saturated carbocycles. The predicted octanol–water partition coefficient (Wildman–Crippen LogP) is 2.25. The van der Waals surface area contributed by atoms with Crippen LogP contribution in [0.4, 0.5) is 0 Å². The topological polar surface area (TPSA) is 67.8 Å². The van der Waals surface area contributed by atoms with E-state index >= 15 is 0 Å². The van der Waals surface area contributed by atoms with E-state index in [0.29, 0.717) is 24.5 Å². The van der Waals surface area contributed by atoms with Gasteiger partial charge in [0.1, 0.15) is 11.6 Å². The smallest absolute Gasteiger partial charge is 0.139 e.